The van der Waals surface area contributed by atoms with Crippen LogP contribution in [0.2, 0.25) is 0 Å². The lowest BCUT2D eigenvalue weighted by Crippen LogP contribution is -2.48. The van der Waals surface area contributed by atoms with Crippen LogP contribution in [-0.2, 0) is 0 Å². The topological polar surface area (TPSA) is 53.4 Å². The molecule has 0 saturated carbocycles. The molecule has 1 amide bonds. The summed E-state index contributed by atoms with van der Waals surface area (Å²) in [5, 5.41) is 10.2. The van der Waals surface area contributed by atoms with E-state index in [1.54, 1.807) is 0 Å². The minimum Gasteiger partial charge on any atom is -0.465 e. The molecule has 4 rings (SSSR count). The van der Waals surface area contributed by atoms with Crippen molar-refractivity contribution in [3.63, 3.8) is 0 Å². The standard InChI is InChI=1S/C19H16N2O2/c22-19(23)21-11-15(12-21)18-16(13-6-2-1-3-7-13)10-14-8-4-5-9-17(14)20-18/h1-10,15H,11-12H2,(H,22,23). The molecule has 0 atom stereocenters. The Balaban J connectivity index is 1.83. The lowest BCUT2D eigenvalue weighted by Gasteiger charge is -2.37. The Kier molecular flexibility index (Phi) is 3.23. The van der Waals surface area contributed by atoms with Crippen molar-refractivity contribution in [1.82, 2.24) is 9.88 Å². The molecule has 0 spiro atoms. The second-order valence-corrected chi connectivity index (χ2v) is 5.86. The van der Waals surface area contributed by atoms with Gasteiger partial charge in [0.15, 0.2) is 0 Å². The Hall–Kier alpha value is -2.88. The molecule has 1 aliphatic heterocycles. The van der Waals surface area contributed by atoms with E-state index in [1.807, 2.05) is 36.4 Å². The molecular formula is C19H16N2O2. The number of carbonyl (C=O) groups is 1. The molecule has 2 heterocycles. The maximum Gasteiger partial charge on any atom is 0.407 e. The predicted octanol–water partition coefficient (Wildman–Crippen LogP) is 3.98. The van der Waals surface area contributed by atoms with Crippen molar-refractivity contribution >= 4 is 17.0 Å². The van der Waals surface area contributed by atoms with Gasteiger partial charge in [-0.05, 0) is 17.7 Å². The van der Waals surface area contributed by atoms with Gasteiger partial charge in [-0.2, -0.15) is 0 Å². The van der Waals surface area contributed by atoms with E-state index in [0.717, 1.165) is 27.7 Å². The average Bonchev–Trinajstić information content (AvgIpc) is 2.53. The molecule has 3 aromatic rings. The van der Waals surface area contributed by atoms with E-state index < -0.39 is 6.09 Å². The third kappa shape index (κ3) is 2.42. The molecule has 0 radical (unpaired) electrons. The summed E-state index contributed by atoms with van der Waals surface area (Å²) in [4.78, 5) is 17.3. The van der Waals surface area contributed by atoms with Gasteiger partial charge in [-0.15, -0.1) is 0 Å². The summed E-state index contributed by atoms with van der Waals surface area (Å²) < 4.78 is 0. The van der Waals surface area contributed by atoms with Crippen LogP contribution in [0.3, 0.4) is 0 Å². The number of fused-ring (bicyclic) bond motifs is 1. The van der Waals surface area contributed by atoms with Gasteiger partial charge in [-0.3, -0.25) is 4.98 Å². The Bertz CT molecular complexity index is 871. The highest BCUT2D eigenvalue weighted by atomic mass is 16.4. The van der Waals surface area contributed by atoms with Crippen molar-refractivity contribution in [3.8, 4) is 11.1 Å². The first-order valence-corrected chi connectivity index (χ1v) is 7.65. The maximum absolute atomic E-state index is 11.0. The molecule has 1 saturated heterocycles. The summed E-state index contributed by atoms with van der Waals surface area (Å²) in [6.07, 6.45) is -0.858. The molecule has 1 aromatic heterocycles. The second-order valence-electron chi connectivity index (χ2n) is 5.86. The van der Waals surface area contributed by atoms with Crippen molar-refractivity contribution in [3.05, 3.63) is 66.4 Å². The SMILES string of the molecule is O=C(O)N1CC(c2nc3ccccc3cc2-c2ccccc2)C1. The summed E-state index contributed by atoms with van der Waals surface area (Å²) in [6, 6.07) is 20.4. The van der Waals surface area contributed by atoms with E-state index in [0.29, 0.717) is 13.1 Å². The number of hydrogen-bond acceptors (Lipinski definition) is 2. The monoisotopic (exact) mass is 304 g/mol. The van der Waals surface area contributed by atoms with Gasteiger partial charge in [0.25, 0.3) is 0 Å². The Morgan fingerprint density at radius 2 is 1.74 bits per heavy atom. The number of amides is 1. The third-order valence-corrected chi connectivity index (χ3v) is 4.38. The van der Waals surface area contributed by atoms with Crippen LogP contribution < -0.4 is 0 Å². The van der Waals surface area contributed by atoms with E-state index in [1.165, 1.54) is 4.90 Å². The van der Waals surface area contributed by atoms with Crippen molar-refractivity contribution in [2.75, 3.05) is 13.1 Å². The van der Waals surface area contributed by atoms with Crippen molar-refractivity contribution in [2.45, 2.75) is 5.92 Å². The number of aromatic nitrogens is 1. The molecule has 114 valence electrons. The van der Waals surface area contributed by atoms with E-state index in [-0.39, 0.29) is 5.92 Å². The number of carboxylic acid groups (broad SMARTS) is 1. The smallest absolute Gasteiger partial charge is 0.407 e. The summed E-state index contributed by atoms with van der Waals surface area (Å²) in [7, 11) is 0. The number of nitrogens with zero attached hydrogens (tertiary/aromatic N) is 2. The number of hydrogen-bond donors (Lipinski definition) is 1. The van der Waals surface area contributed by atoms with Crippen LogP contribution in [0.1, 0.15) is 11.6 Å². The Morgan fingerprint density at radius 1 is 1.04 bits per heavy atom. The van der Waals surface area contributed by atoms with Gasteiger partial charge in [0.05, 0.1) is 11.2 Å². The second kappa shape index (κ2) is 5.39. The number of rotatable bonds is 2. The van der Waals surface area contributed by atoms with Crippen LogP contribution >= 0.6 is 0 Å². The fraction of sp³-hybridized carbons (Fsp3) is 0.158. The van der Waals surface area contributed by atoms with E-state index in [9.17, 15) is 4.79 Å². The van der Waals surface area contributed by atoms with Gasteiger partial charge in [-0.1, -0.05) is 48.5 Å². The van der Waals surface area contributed by atoms with Gasteiger partial charge >= 0.3 is 6.09 Å². The fourth-order valence-corrected chi connectivity index (χ4v) is 3.10. The minimum atomic E-state index is -0.858. The highest BCUT2D eigenvalue weighted by molar-refractivity contribution is 5.85. The Morgan fingerprint density at radius 3 is 2.48 bits per heavy atom. The van der Waals surface area contributed by atoms with Crippen molar-refractivity contribution < 1.29 is 9.90 Å². The van der Waals surface area contributed by atoms with E-state index >= 15 is 0 Å². The molecule has 0 unspecified atom stereocenters. The molecule has 1 aliphatic rings. The first-order valence-electron chi connectivity index (χ1n) is 7.65. The summed E-state index contributed by atoms with van der Waals surface area (Å²) in [6.45, 7) is 1.03. The largest absolute Gasteiger partial charge is 0.465 e. The molecule has 1 fully saturated rings. The predicted molar refractivity (Wildman–Crippen MR) is 89.5 cm³/mol. The number of para-hydroxylation sites is 1. The highest BCUT2D eigenvalue weighted by Crippen LogP contribution is 2.35. The van der Waals surface area contributed by atoms with Gasteiger partial charge in [0.2, 0.25) is 0 Å². The zero-order valence-corrected chi connectivity index (χ0v) is 12.5. The first-order chi connectivity index (χ1) is 11.2. The van der Waals surface area contributed by atoms with Crippen molar-refractivity contribution in [1.29, 1.82) is 0 Å². The van der Waals surface area contributed by atoms with Crippen LogP contribution in [0.4, 0.5) is 4.79 Å². The van der Waals surface area contributed by atoms with Crippen LogP contribution in [0, 0.1) is 0 Å². The minimum absolute atomic E-state index is 0.158. The summed E-state index contributed by atoms with van der Waals surface area (Å²) in [5.74, 6) is 0.158. The lowest BCUT2D eigenvalue weighted by molar-refractivity contribution is 0.105. The average molecular weight is 304 g/mol. The van der Waals surface area contributed by atoms with Gasteiger partial charge in [-0.25, -0.2) is 4.79 Å². The number of likely N-dealkylation sites (tertiary alicyclic amines) is 1. The zero-order chi connectivity index (χ0) is 15.8. The molecule has 0 aliphatic carbocycles. The fourth-order valence-electron chi connectivity index (χ4n) is 3.10. The van der Waals surface area contributed by atoms with E-state index in [2.05, 4.69) is 24.3 Å². The molecular weight excluding hydrogens is 288 g/mol. The molecule has 2 aromatic carbocycles. The normalized spacial score (nSPS) is 14.7. The quantitative estimate of drug-likeness (QED) is 0.779. The van der Waals surface area contributed by atoms with Gasteiger partial charge in [0, 0.05) is 30.0 Å². The molecule has 4 heteroatoms. The molecule has 1 N–H and O–H groups in total. The van der Waals surface area contributed by atoms with E-state index in [4.69, 9.17) is 10.1 Å². The van der Waals surface area contributed by atoms with Gasteiger partial charge in [0.1, 0.15) is 0 Å². The molecule has 23 heavy (non-hydrogen) atoms. The molecule has 4 nitrogen and oxygen atoms in total. The van der Waals surface area contributed by atoms with Crippen LogP contribution in [0.25, 0.3) is 22.0 Å². The molecule has 0 bridgehead atoms. The third-order valence-electron chi connectivity index (χ3n) is 4.38. The maximum atomic E-state index is 11.0. The van der Waals surface area contributed by atoms with Crippen LogP contribution in [-0.4, -0.2) is 34.2 Å². The number of benzene rings is 2. The first kappa shape index (κ1) is 13.8. The summed E-state index contributed by atoms with van der Waals surface area (Å²) in [5.41, 5.74) is 4.16. The van der Waals surface area contributed by atoms with Crippen molar-refractivity contribution in [2.24, 2.45) is 0 Å². The highest BCUT2D eigenvalue weighted by Gasteiger charge is 2.34. The Labute approximate surface area is 134 Å². The van der Waals surface area contributed by atoms with Gasteiger partial charge < -0.3 is 10.0 Å². The number of pyridine rings is 1. The van der Waals surface area contributed by atoms with Crippen LogP contribution in [0.5, 0.6) is 0 Å². The summed E-state index contributed by atoms with van der Waals surface area (Å²) >= 11 is 0. The zero-order valence-electron chi connectivity index (χ0n) is 12.5. The lowest BCUT2D eigenvalue weighted by atomic mass is 9.89. The van der Waals surface area contributed by atoms with Crippen LogP contribution in [0.15, 0.2) is 60.7 Å².